The lowest BCUT2D eigenvalue weighted by Crippen LogP contribution is -2.26. The van der Waals surface area contributed by atoms with Gasteiger partial charge >= 0.3 is 6.09 Å². The van der Waals surface area contributed by atoms with Crippen LogP contribution in [0.2, 0.25) is 0 Å². The van der Waals surface area contributed by atoms with E-state index in [-0.39, 0.29) is 23.1 Å². The van der Waals surface area contributed by atoms with Gasteiger partial charge in [-0.1, -0.05) is 36.8 Å². The number of unbranched alkanes of at least 4 members (excludes halogenated alkanes) is 3. The summed E-state index contributed by atoms with van der Waals surface area (Å²) in [6.45, 7) is 1.04. The van der Waals surface area contributed by atoms with Crippen LogP contribution in [0.4, 0.5) is 4.79 Å². The molecule has 6 nitrogen and oxygen atoms in total. The SMILES string of the molecule is NC(=O)OCCCCCCNC=C1C(=O)CC(c2ccccc2)CC1=O. The van der Waals surface area contributed by atoms with Crippen LogP contribution in [0.25, 0.3) is 0 Å². The number of carbonyl (C=O) groups is 3. The van der Waals surface area contributed by atoms with E-state index in [0.717, 1.165) is 31.2 Å². The minimum Gasteiger partial charge on any atom is -0.450 e. The Labute approximate surface area is 153 Å². The van der Waals surface area contributed by atoms with E-state index >= 15 is 0 Å². The first-order valence-electron chi connectivity index (χ1n) is 9.05. The molecule has 0 aliphatic heterocycles. The fraction of sp³-hybridized carbons (Fsp3) is 0.450. The minimum absolute atomic E-state index is 0.0176. The van der Waals surface area contributed by atoms with Crippen molar-refractivity contribution < 1.29 is 19.1 Å². The van der Waals surface area contributed by atoms with Crippen LogP contribution < -0.4 is 11.1 Å². The smallest absolute Gasteiger partial charge is 0.404 e. The number of hydrogen-bond donors (Lipinski definition) is 2. The lowest BCUT2D eigenvalue weighted by molar-refractivity contribution is -0.124. The Morgan fingerprint density at radius 1 is 1.08 bits per heavy atom. The molecule has 0 bridgehead atoms. The molecular formula is C20H26N2O4. The monoisotopic (exact) mass is 358 g/mol. The Balaban J connectivity index is 1.68. The summed E-state index contributed by atoms with van der Waals surface area (Å²) in [7, 11) is 0. The first kappa shape index (κ1) is 19.7. The summed E-state index contributed by atoms with van der Waals surface area (Å²) in [4.78, 5) is 35.0. The highest BCUT2D eigenvalue weighted by molar-refractivity contribution is 6.22. The molecule has 140 valence electrons. The van der Waals surface area contributed by atoms with Gasteiger partial charge in [-0.2, -0.15) is 0 Å². The molecule has 1 fully saturated rings. The number of amides is 1. The number of carbonyl (C=O) groups excluding carboxylic acids is 3. The molecule has 0 heterocycles. The molecule has 26 heavy (non-hydrogen) atoms. The van der Waals surface area contributed by atoms with Gasteiger partial charge in [-0.3, -0.25) is 9.59 Å². The third-order valence-corrected chi connectivity index (χ3v) is 4.44. The number of nitrogens with one attached hydrogen (secondary N) is 1. The third kappa shape index (κ3) is 6.35. The Kier molecular flexibility index (Phi) is 7.86. The zero-order chi connectivity index (χ0) is 18.8. The van der Waals surface area contributed by atoms with Crippen LogP contribution in [-0.2, 0) is 14.3 Å². The minimum atomic E-state index is -0.741. The number of allylic oxidation sites excluding steroid dienone is 1. The van der Waals surface area contributed by atoms with Crippen molar-refractivity contribution in [2.75, 3.05) is 13.2 Å². The first-order valence-corrected chi connectivity index (χ1v) is 9.05. The van der Waals surface area contributed by atoms with Gasteiger partial charge in [0.25, 0.3) is 0 Å². The maximum absolute atomic E-state index is 12.3. The van der Waals surface area contributed by atoms with Crippen molar-refractivity contribution in [3.63, 3.8) is 0 Å². The van der Waals surface area contributed by atoms with E-state index in [1.165, 1.54) is 0 Å². The summed E-state index contributed by atoms with van der Waals surface area (Å²) in [5.41, 5.74) is 6.20. The number of hydrogen-bond acceptors (Lipinski definition) is 5. The number of Topliss-reactive ketones (excluding diaryl/α,β-unsaturated/α-hetero) is 2. The second-order valence-corrected chi connectivity index (χ2v) is 6.46. The van der Waals surface area contributed by atoms with Gasteiger partial charge in [-0.15, -0.1) is 0 Å². The average Bonchev–Trinajstić information content (AvgIpc) is 2.62. The fourth-order valence-corrected chi connectivity index (χ4v) is 3.05. The number of ether oxygens (including phenoxy) is 1. The molecule has 0 aromatic heterocycles. The van der Waals surface area contributed by atoms with Crippen molar-refractivity contribution in [1.82, 2.24) is 5.32 Å². The number of primary amides is 1. The lowest BCUT2D eigenvalue weighted by Gasteiger charge is -2.22. The van der Waals surface area contributed by atoms with E-state index in [1.54, 1.807) is 6.20 Å². The number of rotatable bonds is 9. The topological polar surface area (TPSA) is 98.5 Å². The highest BCUT2D eigenvalue weighted by atomic mass is 16.5. The van der Waals surface area contributed by atoms with Gasteiger partial charge in [0.2, 0.25) is 0 Å². The third-order valence-electron chi connectivity index (χ3n) is 4.44. The summed E-state index contributed by atoms with van der Waals surface area (Å²) >= 11 is 0. The Morgan fingerprint density at radius 3 is 2.38 bits per heavy atom. The van der Waals surface area contributed by atoms with Crippen molar-refractivity contribution >= 4 is 17.7 Å². The molecule has 1 aromatic carbocycles. The van der Waals surface area contributed by atoms with Crippen LogP contribution in [0.5, 0.6) is 0 Å². The van der Waals surface area contributed by atoms with Gasteiger partial charge < -0.3 is 15.8 Å². The zero-order valence-electron chi connectivity index (χ0n) is 14.9. The van der Waals surface area contributed by atoms with Crippen LogP contribution in [0, 0.1) is 0 Å². The van der Waals surface area contributed by atoms with E-state index in [9.17, 15) is 14.4 Å². The molecular weight excluding hydrogens is 332 g/mol. The predicted octanol–water partition coefficient (Wildman–Crippen LogP) is 2.83. The summed E-state index contributed by atoms with van der Waals surface area (Å²) in [6, 6.07) is 9.71. The first-order chi connectivity index (χ1) is 12.6. The Morgan fingerprint density at radius 2 is 1.73 bits per heavy atom. The van der Waals surface area contributed by atoms with Crippen LogP contribution in [0.15, 0.2) is 42.1 Å². The van der Waals surface area contributed by atoms with Crippen LogP contribution in [0.3, 0.4) is 0 Å². The van der Waals surface area contributed by atoms with Crippen molar-refractivity contribution in [2.24, 2.45) is 5.73 Å². The highest BCUT2D eigenvalue weighted by Gasteiger charge is 2.31. The van der Waals surface area contributed by atoms with Crippen molar-refractivity contribution in [1.29, 1.82) is 0 Å². The van der Waals surface area contributed by atoms with Gasteiger partial charge in [-0.25, -0.2) is 4.79 Å². The molecule has 3 N–H and O–H groups in total. The Hall–Kier alpha value is -2.63. The number of ketones is 2. The van der Waals surface area contributed by atoms with Crippen molar-refractivity contribution in [3.05, 3.63) is 47.7 Å². The molecule has 0 spiro atoms. The van der Waals surface area contributed by atoms with E-state index in [2.05, 4.69) is 10.1 Å². The van der Waals surface area contributed by atoms with Crippen LogP contribution in [-0.4, -0.2) is 30.8 Å². The predicted molar refractivity (Wildman–Crippen MR) is 98.5 cm³/mol. The van der Waals surface area contributed by atoms with Crippen LogP contribution in [0.1, 0.15) is 50.0 Å². The largest absolute Gasteiger partial charge is 0.450 e. The molecule has 1 saturated carbocycles. The summed E-state index contributed by atoms with van der Waals surface area (Å²) in [6.07, 6.45) is 5.18. The molecule has 2 rings (SSSR count). The standard InChI is InChI=1S/C20H26N2O4/c21-20(25)26-11-7-2-1-6-10-22-14-17-18(23)12-16(13-19(17)24)15-8-4-3-5-9-15/h3-5,8-9,14,16,22H,1-2,6-7,10-13H2,(H2,21,25). The van der Waals surface area contributed by atoms with E-state index in [0.29, 0.717) is 26.0 Å². The maximum atomic E-state index is 12.3. The number of benzene rings is 1. The molecule has 0 radical (unpaired) electrons. The maximum Gasteiger partial charge on any atom is 0.404 e. The zero-order valence-corrected chi connectivity index (χ0v) is 14.9. The molecule has 6 heteroatoms. The molecule has 1 aliphatic carbocycles. The van der Waals surface area contributed by atoms with Gasteiger partial charge in [0.1, 0.15) is 0 Å². The summed E-state index contributed by atoms with van der Waals surface area (Å²) in [5, 5.41) is 3.07. The van der Waals surface area contributed by atoms with E-state index in [1.807, 2.05) is 30.3 Å². The van der Waals surface area contributed by atoms with Gasteiger partial charge in [0.15, 0.2) is 11.6 Å². The average molecular weight is 358 g/mol. The lowest BCUT2D eigenvalue weighted by atomic mass is 9.80. The van der Waals surface area contributed by atoms with Gasteiger partial charge in [-0.05, 0) is 30.7 Å². The summed E-state index contributed by atoms with van der Waals surface area (Å²) in [5.74, 6) is -0.201. The van der Waals surface area contributed by atoms with Crippen molar-refractivity contribution in [3.8, 4) is 0 Å². The molecule has 0 saturated heterocycles. The van der Waals surface area contributed by atoms with E-state index in [4.69, 9.17) is 5.73 Å². The van der Waals surface area contributed by atoms with Gasteiger partial charge in [0, 0.05) is 25.6 Å². The molecule has 0 atom stereocenters. The Bertz CT molecular complexity index is 635. The van der Waals surface area contributed by atoms with Crippen LogP contribution >= 0.6 is 0 Å². The quantitative estimate of drug-likeness (QED) is 0.402. The molecule has 0 unspecified atom stereocenters. The molecule has 1 aromatic rings. The van der Waals surface area contributed by atoms with E-state index < -0.39 is 6.09 Å². The number of nitrogens with two attached hydrogens (primary N) is 1. The normalized spacial score (nSPS) is 17.1. The fourth-order valence-electron chi connectivity index (χ4n) is 3.05. The highest BCUT2D eigenvalue weighted by Crippen LogP contribution is 2.31. The molecule has 1 aliphatic rings. The second kappa shape index (κ2) is 10.4. The molecule has 1 amide bonds. The van der Waals surface area contributed by atoms with Crippen molar-refractivity contribution in [2.45, 2.75) is 44.4 Å². The second-order valence-electron chi connectivity index (χ2n) is 6.46. The van der Waals surface area contributed by atoms with Gasteiger partial charge in [0.05, 0.1) is 12.2 Å². The summed E-state index contributed by atoms with van der Waals surface area (Å²) < 4.78 is 4.65.